The maximum Gasteiger partial charge on any atom is 0.306 e. The van der Waals surface area contributed by atoms with E-state index >= 15 is 0 Å². The summed E-state index contributed by atoms with van der Waals surface area (Å²) in [5.41, 5.74) is 0.627. The molecule has 1 aromatic carbocycles. The van der Waals surface area contributed by atoms with Gasteiger partial charge in [-0.15, -0.1) is 0 Å². The minimum absolute atomic E-state index is 0.0412. The highest BCUT2D eigenvalue weighted by molar-refractivity contribution is 5.92. The van der Waals surface area contributed by atoms with E-state index in [-0.39, 0.29) is 25.4 Å². The third-order valence-corrected chi connectivity index (χ3v) is 2.46. The van der Waals surface area contributed by atoms with Gasteiger partial charge in [0.2, 0.25) is 5.91 Å². The van der Waals surface area contributed by atoms with Crippen molar-refractivity contribution in [2.75, 3.05) is 32.8 Å². The first-order valence-corrected chi connectivity index (χ1v) is 6.24. The molecule has 0 saturated heterocycles. The third-order valence-electron chi connectivity index (χ3n) is 2.46. The lowest BCUT2D eigenvalue weighted by atomic mass is 10.2. The van der Waals surface area contributed by atoms with Crippen LogP contribution in [0, 0.1) is 0 Å². The van der Waals surface area contributed by atoms with E-state index in [1.54, 1.807) is 31.4 Å². The zero-order chi connectivity index (χ0) is 14.8. The fourth-order valence-electron chi connectivity index (χ4n) is 1.45. The Morgan fingerprint density at radius 2 is 1.95 bits per heavy atom. The van der Waals surface area contributed by atoms with Gasteiger partial charge in [0.25, 0.3) is 0 Å². The molecule has 6 nitrogen and oxygen atoms in total. The average Bonchev–Trinajstić information content (AvgIpc) is 2.45. The van der Waals surface area contributed by atoms with Crippen LogP contribution in [0.4, 0.5) is 5.69 Å². The summed E-state index contributed by atoms with van der Waals surface area (Å²) in [6, 6.07) is 7.00. The number of carbonyl (C=O) groups is 2. The summed E-state index contributed by atoms with van der Waals surface area (Å²) in [6.45, 7) is 0.550. The lowest BCUT2D eigenvalue weighted by molar-refractivity contribution is -0.145. The van der Waals surface area contributed by atoms with Gasteiger partial charge in [-0.2, -0.15) is 0 Å². The van der Waals surface area contributed by atoms with Gasteiger partial charge in [-0.3, -0.25) is 9.59 Å². The van der Waals surface area contributed by atoms with Crippen molar-refractivity contribution in [1.82, 2.24) is 0 Å². The molecule has 0 saturated carbocycles. The molecule has 0 aliphatic heterocycles. The molecule has 0 aromatic heterocycles. The lowest BCUT2D eigenvalue weighted by Crippen LogP contribution is -2.15. The van der Waals surface area contributed by atoms with Gasteiger partial charge < -0.3 is 19.5 Å². The number of benzene rings is 1. The van der Waals surface area contributed by atoms with Gasteiger partial charge in [-0.25, -0.2) is 0 Å². The number of hydrogen-bond donors (Lipinski definition) is 1. The molecule has 1 rings (SSSR count). The van der Waals surface area contributed by atoms with E-state index in [4.69, 9.17) is 14.2 Å². The van der Waals surface area contributed by atoms with Crippen LogP contribution in [0.3, 0.4) is 0 Å². The Bertz CT molecular complexity index is 447. The zero-order valence-corrected chi connectivity index (χ0v) is 11.7. The standard InChI is InChI=1S/C14H19NO5/c1-18-8-9-20-14(17)7-6-13(16)15-11-4-3-5-12(10-11)19-2/h3-5,10H,6-9H2,1-2H3,(H,15,16). The predicted molar refractivity (Wildman–Crippen MR) is 73.7 cm³/mol. The smallest absolute Gasteiger partial charge is 0.306 e. The van der Waals surface area contributed by atoms with Crippen LogP contribution in [0.15, 0.2) is 24.3 Å². The van der Waals surface area contributed by atoms with Crippen molar-refractivity contribution in [1.29, 1.82) is 0 Å². The van der Waals surface area contributed by atoms with E-state index in [1.807, 2.05) is 0 Å². The van der Waals surface area contributed by atoms with Crippen molar-refractivity contribution < 1.29 is 23.8 Å². The molecule has 0 heterocycles. The molecule has 0 atom stereocenters. The van der Waals surface area contributed by atoms with Crippen molar-refractivity contribution in [3.8, 4) is 5.75 Å². The first-order chi connectivity index (χ1) is 9.65. The van der Waals surface area contributed by atoms with Crippen LogP contribution in [-0.2, 0) is 19.1 Å². The summed E-state index contributed by atoms with van der Waals surface area (Å²) in [4.78, 5) is 23.0. The fraction of sp³-hybridized carbons (Fsp3) is 0.429. The summed E-state index contributed by atoms with van der Waals surface area (Å²) in [5.74, 6) is -0.00781. The highest BCUT2D eigenvalue weighted by atomic mass is 16.6. The molecule has 0 aliphatic rings. The number of rotatable bonds is 8. The SMILES string of the molecule is COCCOC(=O)CCC(=O)Nc1cccc(OC)c1. The van der Waals surface area contributed by atoms with Gasteiger partial charge in [0.05, 0.1) is 20.1 Å². The molecule has 0 aliphatic carbocycles. The highest BCUT2D eigenvalue weighted by Crippen LogP contribution is 2.16. The monoisotopic (exact) mass is 281 g/mol. The fourth-order valence-corrected chi connectivity index (χ4v) is 1.45. The molecule has 1 amide bonds. The van der Waals surface area contributed by atoms with Crippen molar-refractivity contribution in [3.05, 3.63) is 24.3 Å². The second-order valence-electron chi connectivity index (χ2n) is 3.99. The molecule has 0 fully saturated rings. The molecule has 0 radical (unpaired) electrons. The van der Waals surface area contributed by atoms with E-state index in [0.29, 0.717) is 18.0 Å². The minimum Gasteiger partial charge on any atom is -0.497 e. The number of ether oxygens (including phenoxy) is 3. The third kappa shape index (κ3) is 6.19. The Labute approximate surface area is 118 Å². The summed E-state index contributed by atoms with van der Waals surface area (Å²) in [5, 5.41) is 2.69. The molecule has 0 spiro atoms. The van der Waals surface area contributed by atoms with E-state index in [2.05, 4.69) is 5.32 Å². The van der Waals surface area contributed by atoms with Gasteiger partial charge in [0.15, 0.2) is 0 Å². The Hall–Kier alpha value is -2.08. The van der Waals surface area contributed by atoms with Gasteiger partial charge in [-0.05, 0) is 12.1 Å². The molecule has 1 aromatic rings. The van der Waals surface area contributed by atoms with Crippen molar-refractivity contribution in [2.45, 2.75) is 12.8 Å². The number of amides is 1. The Balaban J connectivity index is 2.30. The van der Waals surface area contributed by atoms with E-state index in [0.717, 1.165) is 0 Å². The van der Waals surface area contributed by atoms with E-state index < -0.39 is 5.97 Å². The average molecular weight is 281 g/mol. The number of carbonyl (C=O) groups excluding carboxylic acids is 2. The summed E-state index contributed by atoms with van der Waals surface area (Å²) < 4.78 is 14.7. The molecule has 0 unspecified atom stereocenters. The minimum atomic E-state index is -0.414. The van der Waals surface area contributed by atoms with Crippen molar-refractivity contribution in [3.63, 3.8) is 0 Å². The molecule has 110 valence electrons. The summed E-state index contributed by atoms with van der Waals surface area (Å²) in [7, 11) is 3.08. The van der Waals surface area contributed by atoms with E-state index in [1.165, 1.54) is 7.11 Å². The number of nitrogens with one attached hydrogen (secondary N) is 1. The Kier molecular flexibility index (Phi) is 7.13. The molecule has 20 heavy (non-hydrogen) atoms. The van der Waals surface area contributed by atoms with Crippen LogP contribution in [0.1, 0.15) is 12.8 Å². The number of hydrogen-bond acceptors (Lipinski definition) is 5. The molecule has 1 N–H and O–H groups in total. The quantitative estimate of drug-likeness (QED) is 0.579. The van der Waals surface area contributed by atoms with Crippen LogP contribution < -0.4 is 10.1 Å². The maximum absolute atomic E-state index is 11.7. The van der Waals surface area contributed by atoms with Crippen molar-refractivity contribution in [2.24, 2.45) is 0 Å². The van der Waals surface area contributed by atoms with Crippen LogP contribution in [0.5, 0.6) is 5.75 Å². The van der Waals surface area contributed by atoms with Crippen molar-refractivity contribution >= 4 is 17.6 Å². The predicted octanol–water partition coefficient (Wildman–Crippen LogP) is 1.60. The second-order valence-corrected chi connectivity index (χ2v) is 3.99. The van der Waals surface area contributed by atoms with Crippen LogP contribution >= 0.6 is 0 Å². The van der Waals surface area contributed by atoms with Gasteiger partial charge >= 0.3 is 5.97 Å². The zero-order valence-electron chi connectivity index (χ0n) is 11.7. The Morgan fingerprint density at radius 3 is 2.65 bits per heavy atom. The molecule has 0 bridgehead atoms. The topological polar surface area (TPSA) is 73.9 Å². The number of esters is 1. The largest absolute Gasteiger partial charge is 0.497 e. The van der Waals surface area contributed by atoms with Crippen LogP contribution in [0.2, 0.25) is 0 Å². The van der Waals surface area contributed by atoms with Crippen LogP contribution in [0.25, 0.3) is 0 Å². The van der Waals surface area contributed by atoms with E-state index in [9.17, 15) is 9.59 Å². The summed E-state index contributed by atoms with van der Waals surface area (Å²) >= 11 is 0. The second kappa shape index (κ2) is 8.92. The molecular formula is C14H19NO5. The van der Waals surface area contributed by atoms with Gasteiger partial charge in [0.1, 0.15) is 12.4 Å². The first-order valence-electron chi connectivity index (χ1n) is 6.24. The highest BCUT2D eigenvalue weighted by Gasteiger charge is 2.08. The maximum atomic E-state index is 11.7. The van der Waals surface area contributed by atoms with Gasteiger partial charge in [-0.1, -0.05) is 6.07 Å². The van der Waals surface area contributed by atoms with Crippen LogP contribution in [-0.4, -0.2) is 39.3 Å². The first kappa shape index (κ1) is 16.0. The number of methoxy groups -OCH3 is 2. The number of anilines is 1. The normalized spacial score (nSPS) is 9.90. The lowest BCUT2D eigenvalue weighted by Gasteiger charge is -2.07. The molecular weight excluding hydrogens is 262 g/mol. The molecule has 6 heteroatoms. The van der Waals surface area contributed by atoms with Gasteiger partial charge in [0, 0.05) is 25.3 Å². The Morgan fingerprint density at radius 1 is 1.15 bits per heavy atom. The summed E-state index contributed by atoms with van der Waals surface area (Å²) in [6.07, 6.45) is 0.114.